The minimum atomic E-state index is -0.188. The molecule has 0 unspecified atom stereocenters. The summed E-state index contributed by atoms with van der Waals surface area (Å²) in [6.45, 7) is 0.377. The fourth-order valence-corrected chi connectivity index (χ4v) is 4.23. The number of halogens is 4. The van der Waals surface area contributed by atoms with Crippen molar-refractivity contribution in [1.82, 2.24) is 5.43 Å². The molecular weight excluding hydrogens is 590 g/mol. The molecule has 0 aliphatic heterocycles. The Balaban J connectivity index is 1.48. The van der Waals surface area contributed by atoms with Crippen molar-refractivity contribution >= 4 is 81.3 Å². The number of carbonyl (C=O) groups excluding carboxylic acids is 1. The van der Waals surface area contributed by atoms with E-state index in [0.717, 1.165) is 25.3 Å². The summed E-state index contributed by atoms with van der Waals surface area (Å²) < 4.78 is 6.78. The predicted octanol–water partition coefficient (Wildman–Crippen LogP) is 7.07. The summed E-state index contributed by atoms with van der Waals surface area (Å²) in [7, 11) is 0. The van der Waals surface area contributed by atoms with Crippen molar-refractivity contribution in [1.29, 1.82) is 0 Å². The highest BCUT2D eigenvalue weighted by Crippen LogP contribution is 2.26. The summed E-state index contributed by atoms with van der Waals surface area (Å²) in [6.07, 6.45) is 1.59. The molecule has 0 aliphatic rings. The molecule has 3 aromatic rings. The number of nitrogens with one attached hydrogen (secondary N) is 1. The Morgan fingerprint density at radius 3 is 2.52 bits per heavy atom. The molecule has 31 heavy (non-hydrogen) atoms. The fraction of sp³-hybridized carbons (Fsp3) is 0.0909. The van der Waals surface area contributed by atoms with Crippen LogP contribution in [0.1, 0.15) is 11.1 Å². The van der Waals surface area contributed by atoms with E-state index in [1.54, 1.807) is 30.5 Å². The van der Waals surface area contributed by atoms with Crippen LogP contribution in [0.25, 0.3) is 0 Å². The molecule has 0 fully saturated rings. The number of hydrazone groups is 1. The van der Waals surface area contributed by atoms with E-state index in [1.807, 2.05) is 36.4 Å². The molecule has 0 atom stereocenters. The van der Waals surface area contributed by atoms with E-state index >= 15 is 0 Å². The Labute approximate surface area is 213 Å². The number of carbonyl (C=O) groups is 1. The van der Waals surface area contributed by atoms with Gasteiger partial charge in [-0.2, -0.15) is 5.10 Å². The molecule has 0 bridgehead atoms. The van der Waals surface area contributed by atoms with Gasteiger partial charge in [-0.1, -0.05) is 40.9 Å². The topological polar surface area (TPSA) is 50.7 Å². The molecule has 0 saturated heterocycles. The van der Waals surface area contributed by atoms with Gasteiger partial charge in [-0.3, -0.25) is 4.79 Å². The molecule has 0 saturated carbocycles. The molecule has 9 heteroatoms. The van der Waals surface area contributed by atoms with E-state index in [9.17, 15) is 4.79 Å². The normalized spacial score (nSPS) is 11.0. The zero-order chi connectivity index (χ0) is 22.2. The standard InChI is InChI=1S/C22H16Cl3IN2O2S/c23-16-3-5-17(6-4-16)31-13-22(29)28-27-11-14-2-8-21(20(26)10-14)30-12-15-1-7-18(24)19(25)9-15/h1-11H,12-13H2,(H,28,29)/b27-11-. The highest BCUT2D eigenvalue weighted by Gasteiger charge is 2.05. The molecule has 0 heterocycles. The Bertz CT molecular complexity index is 1090. The molecule has 1 N–H and O–H groups in total. The van der Waals surface area contributed by atoms with Crippen LogP contribution in [0, 0.1) is 3.57 Å². The van der Waals surface area contributed by atoms with Crippen LogP contribution in [0.3, 0.4) is 0 Å². The van der Waals surface area contributed by atoms with E-state index in [2.05, 4.69) is 33.1 Å². The molecule has 0 radical (unpaired) electrons. The predicted molar refractivity (Wildman–Crippen MR) is 138 cm³/mol. The molecule has 1 amide bonds. The van der Waals surface area contributed by atoms with Gasteiger partial charge in [0.2, 0.25) is 5.91 Å². The Hall–Kier alpha value is -1.45. The number of hydrogen-bond donors (Lipinski definition) is 1. The third-order valence-electron chi connectivity index (χ3n) is 3.92. The molecule has 0 aliphatic carbocycles. The number of ether oxygens (including phenoxy) is 1. The summed E-state index contributed by atoms with van der Waals surface area (Å²) in [6, 6.07) is 18.4. The number of rotatable bonds is 8. The lowest BCUT2D eigenvalue weighted by atomic mass is 10.2. The summed E-state index contributed by atoms with van der Waals surface area (Å²) in [4.78, 5) is 12.9. The van der Waals surface area contributed by atoms with E-state index in [0.29, 0.717) is 21.7 Å². The van der Waals surface area contributed by atoms with Gasteiger partial charge < -0.3 is 4.74 Å². The second kappa shape index (κ2) is 12.0. The van der Waals surface area contributed by atoms with E-state index < -0.39 is 0 Å². The van der Waals surface area contributed by atoms with Crippen LogP contribution in [0.4, 0.5) is 0 Å². The van der Waals surface area contributed by atoms with Crippen molar-refractivity contribution < 1.29 is 9.53 Å². The first kappa shape index (κ1) is 24.2. The van der Waals surface area contributed by atoms with Gasteiger partial charge in [0.25, 0.3) is 0 Å². The minimum absolute atomic E-state index is 0.188. The summed E-state index contributed by atoms with van der Waals surface area (Å²) >= 11 is 21.4. The van der Waals surface area contributed by atoms with Crippen LogP contribution in [-0.4, -0.2) is 17.9 Å². The van der Waals surface area contributed by atoms with E-state index in [4.69, 9.17) is 39.5 Å². The summed E-state index contributed by atoms with van der Waals surface area (Å²) in [5.74, 6) is 0.817. The number of benzene rings is 3. The van der Waals surface area contributed by atoms with Crippen LogP contribution in [0.15, 0.2) is 70.7 Å². The average molecular weight is 606 g/mol. The highest BCUT2D eigenvalue weighted by atomic mass is 127. The maximum atomic E-state index is 11.9. The van der Waals surface area contributed by atoms with Gasteiger partial charge in [0.15, 0.2) is 0 Å². The number of nitrogens with zero attached hydrogens (tertiary/aromatic N) is 1. The van der Waals surface area contributed by atoms with Crippen LogP contribution in [-0.2, 0) is 11.4 Å². The first-order chi connectivity index (χ1) is 14.9. The fourth-order valence-electron chi connectivity index (χ4n) is 2.40. The van der Waals surface area contributed by atoms with Crippen molar-refractivity contribution in [2.45, 2.75) is 11.5 Å². The quantitative estimate of drug-likeness (QED) is 0.129. The Kier molecular flexibility index (Phi) is 9.34. The lowest BCUT2D eigenvalue weighted by Gasteiger charge is -2.09. The molecule has 0 aromatic heterocycles. The van der Waals surface area contributed by atoms with Gasteiger partial charge in [-0.15, -0.1) is 11.8 Å². The first-order valence-corrected chi connectivity index (χ1v) is 12.2. The molecule has 160 valence electrons. The number of amides is 1. The molecular formula is C22H16Cl3IN2O2S. The molecule has 0 spiro atoms. The SMILES string of the molecule is O=C(CSc1ccc(Cl)cc1)N/N=C\c1ccc(OCc2ccc(Cl)c(Cl)c2)c(I)c1. The molecule has 3 rings (SSSR count). The Morgan fingerprint density at radius 1 is 1.03 bits per heavy atom. The van der Waals surface area contributed by atoms with Gasteiger partial charge >= 0.3 is 0 Å². The van der Waals surface area contributed by atoms with Gasteiger partial charge in [0.05, 0.1) is 25.6 Å². The maximum absolute atomic E-state index is 11.9. The average Bonchev–Trinajstić information content (AvgIpc) is 2.75. The third-order valence-corrected chi connectivity index (χ3v) is 6.77. The minimum Gasteiger partial charge on any atom is -0.488 e. The maximum Gasteiger partial charge on any atom is 0.250 e. The third kappa shape index (κ3) is 7.88. The number of hydrogen-bond acceptors (Lipinski definition) is 4. The Morgan fingerprint density at radius 2 is 1.81 bits per heavy atom. The molecule has 4 nitrogen and oxygen atoms in total. The van der Waals surface area contributed by atoms with E-state index in [-0.39, 0.29) is 11.7 Å². The van der Waals surface area contributed by atoms with Gasteiger partial charge in [0.1, 0.15) is 12.4 Å². The zero-order valence-electron chi connectivity index (χ0n) is 15.9. The summed E-state index contributed by atoms with van der Waals surface area (Å²) in [5.41, 5.74) is 4.30. The van der Waals surface area contributed by atoms with Crippen molar-refractivity contribution in [3.8, 4) is 5.75 Å². The first-order valence-electron chi connectivity index (χ1n) is 8.97. The lowest BCUT2D eigenvalue weighted by Crippen LogP contribution is -2.19. The van der Waals surface area contributed by atoms with Crippen LogP contribution in [0.2, 0.25) is 15.1 Å². The molecule has 3 aromatic carbocycles. The lowest BCUT2D eigenvalue weighted by molar-refractivity contribution is -0.118. The van der Waals surface area contributed by atoms with Crippen LogP contribution < -0.4 is 10.2 Å². The second-order valence-corrected chi connectivity index (χ2v) is 9.72. The van der Waals surface area contributed by atoms with Crippen LogP contribution in [0.5, 0.6) is 5.75 Å². The van der Waals surface area contributed by atoms with Crippen molar-refractivity contribution in [2.75, 3.05) is 5.75 Å². The van der Waals surface area contributed by atoms with Gasteiger partial charge in [-0.25, -0.2) is 5.43 Å². The van der Waals surface area contributed by atoms with Gasteiger partial charge in [0, 0.05) is 9.92 Å². The van der Waals surface area contributed by atoms with Gasteiger partial charge in [-0.05, 0) is 88.3 Å². The zero-order valence-corrected chi connectivity index (χ0v) is 21.2. The summed E-state index contributed by atoms with van der Waals surface area (Å²) in [5, 5.41) is 5.70. The van der Waals surface area contributed by atoms with Crippen molar-refractivity contribution in [3.63, 3.8) is 0 Å². The van der Waals surface area contributed by atoms with E-state index in [1.165, 1.54) is 11.8 Å². The second-order valence-electron chi connectivity index (χ2n) is 6.26. The van der Waals surface area contributed by atoms with Crippen molar-refractivity contribution in [2.24, 2.45) is 5.10 Å². The van der Waals surface area contributed by atoms with Crippen molar-refractivity contribution in [3.05, 3.63) is 90.4 Å². The number of thioether (sulfide) groups is 1. The smallest absolute Gasteiger partial charge is 0.250 e. The van der Waals surface area contributed by atoms with Crippen LogP contribution >= 0.6 is 69.2 Å². The monoisotopic (exact) mass is 604 g/mol. The highest BCUT2D eigenvalue weighted by molar-refractivity contribution is 14.1. The largest absolute Gasteiger partial charge is 0.488 e.